The van der Waals surface area contributed by atoms with Gasteiger partial charge in [-0.3, -0.25) is 0 Å². The molecule has 1 N–H and O–H groups in total. The van der Waals surface area contributed by atoms with Crippen LogP contribution < -0.4 is 5.32 Å². The van der Waals surface area contributed by atoms with Crippen molar-refractivity contribution in [2.75, 3.05) is 5.32 Å². The molecule has 23 heavy (non-hydrogen) atoms. The van der Waals surface area contributed by atoms with Crippen molar-refractivity contribution in [2.24, 2.45) is 0 Å². The van der Waals surface area contributed by atoms with E-state index in [-0.39, 0.29) is 5.02 Å². The highest BCUT2D eigenvalue weighted by Crippen LogP contribution is 2.19. The minimum atomic E-state index is -0.454. The number of aromatic nitrogens is 4. The lowest BCUT2D eigenvalue weighted by atomic mass is 10.2. The van der Waals surface area contributed by atoms with Gasteiger partial charge in [0.15, 0.2) is 5.82 Å². The zero-order valence-corrected chi connectivity index (χ0v) is 13.0. The van der Waals surface area contributed by atoms with Crippen molar-refractivity contribution < 1.29 is 4.39 Å². The number of benzene rings is 2. The van der Waals surface area contributed by atoms with Crippen LogP contribution in [-0.2, 0) is 0 Å². The number of anilines is 1. The van der Waals surface area contributed by atoms with E-state index in [1.54, 1.807) is 23.0 Å². The molecule has 1 aromatic heterocycles. The fourth-order valence-electron chi connectivity index (χ4n) is 1.97. The molecule has 0 aliphatic rings. The Hall–Kier alpha value is -2.73. The number of hydrogen-bond acceptors (Lipinski definition) is 4. The van der Waals surface area contributed by atoms with Gasteiger partial charge < -0.3 is 5.32 Å². The van der Waals surface area contributed by atoms with Crippen LogP contribution in [0.1, 0.15) is 11.4 Å². The average molecular weight is 330 g/mol. The Bertz CT molecular complexity index is 842. The van der Waals surface area contributed by atoms with E-state index < -0.39 is 5.82 Å². The largest absolute Gasteiger partial charge is 0.362 e. The first-order chi connectivity index (χ1) is 11.1. The molecule has 0 radical (unpaired) electrons. The van der Waals surface area contributed by atoms with Crippen LogP contribution in [0.4, 0.5) is 10.1 Å². The Labute approximate surface area is 137 Å². The molecule has 0 amide bonds. The second-order valence-corrected chi connectivity index (χ2v) is 5.30. The van der Waals surface area contributed by atoms with Crippen molar-refractivity contribution in [1.82, 2.24) is 20.2 Å². The fraction of sp³-hybridized carbons (Fsp3) is 0.0625. The maximum absolute atomic E-state index is 13.1. The molecule has 0 bridgehead atoms. The van der Waals surface area contributed by atoms with E-state index >= 15 is 0 Å². The highest BCUT2D eigenvalue weighted by molar-refractivity contribution is 6.31. The number of halogens is 2. The summed E-state index contributed by atoms with van der Waals surface area (Å²) in [6.07, 6.45) is 3.39. The molecule has 7 heteroatoms. The first kappa shape index (κ1) is 15.2. The first-order valence-corrected chi connectivity index (χ1v) is 7.25. The van der Waals surface area contributed by atoms with E-state index in [0.29, 0.717) is 11.5 Å². The molecule has 3 rings (SSSR count). The molecule has 2 aromatic carbocycles. The van der Waals surface area contributed by atoms with Crippen LogP contribution in [0.5, 0.6) is 0 Å². The van der Waals surface area contributed by atoms with E-state index in [1.807, 2.05) is 31.2 Å². The summed E-state index contributed by atoms with van der Waals surface area (Å²) in [4.78, 5) is 0. The van der Waals surface area contributed by atoms with E-state index in [4.69, 9.17) is 11.6 Å². The van der Waals surface area contributed by atoms with Crippen molar-refractivity contribution in [3.05, 3.63) is 70.9 Å². The van der Waals surface area contributed by atoms with Crippen LogP contribution in [0.2, 0.25) is 5.02 Å². The summed E-state index contributed by atoms with van der Waals surface area (Å²) in [5, 5.41) is 14.7. The van der Waals surface area contributed by atoms with Gasteiger partial charge in [-0.05, 0) is 47.7 Å². The van der Waals surface area contributed by atoms with Gasteiger partial charge in [0.25, 0.3) is 0 Å². The molecule has 0 unspecified atom stereocenters. The summed E-state index contributed by atoms with van der Waals surface area (Å²) < 4.78 is 14.7. The van der Waals surface area contributed by atoms with Crippen LogP contribution in [0, 0.1) is 12.7 Å². The smallest absolute Gasteiger partial charge is 0.181 e. The predicted octanol–water partition coefficient (Wildman–Crippen LogP) is 3.85. The Balaban J connectivity index is 1.77. The normalized spacial score (nSPS) is 11.1. The molecule has 1 heterocycles. The van der Waals surface area contributed by atoms with Gasteiger partial charge in [0.1, 0.15) is 5.82 Å². The van der Waals surface area contributed by atoms with Crippen LogP contribution in [0.3, 0.4) is 0 Å². The first-order valence-electron chi connectivity index (χ1n) is 6.87. The highest BCUT2D eigenvalue weighted by Gasteiger charge is 2.05. The van der Waals surface area contributed by atoms with Gasteiger partial charge in [0.05, 0.1) is 10.7 Å². The third kappa shape index (κ3) is 3.54. The second-order valence-electron chi connectivity index (χ2n) is 4.89. The Morgan fingerprint density at radius 3 is 2.70 bits per heavy atom. The summed E-state index contributed by atoms with van der Waals surface area (Å²) >= 11 is 5.73. The molecule has 0 atom stereocenters. The third-order valence-electron chi connectivity index (χ3n) is 3.17. The maximum Gasteiger partial charge on any atom is 0.181 e. The van der Waals surface area contributed by atoms with E-state index in [1.165, 1.54) is 12.1 Å². The van der Waals surface area contributed by atoms with Crippen LogP contribution in [0.25, 0.3) is 11.8 Å². The molecule has 0 fully saturated rings. The Morgan fingerprint density at radius 1 is 1.17 bits per heavy atom. The van der Waals surface area contributed by atoms with Crippen molar-refractivity contribution in [1.29, 1.82) is 0 Å². The minimum Gasteiger partial charge on any atom is -0.362 e. The summed E-state index contributed by atoms with van der Waals surface area (Å²) in [5.74, 6) is 0.110. The lowest BCUT2D eigenvalue weighted by Crippen LogP contribution is -2.00. The molecule has 116 valence electrons. The summed E-state index contributed by atoms with van der Waals surface area (Å²) in [6.45, 7) is 2.02. The van der Waals surface area contributed by atoms with E-state index in [2.05, 4.69) is 20.8 Å². The summed E-state index contributed by atoms with van der Waals surface area (Å²) in [7, 11) is 0. The highest BCUT2D eigenvalue weighted by atomic mass is 35.5. The predicted molar refractivity (Wildman–Crippen MR) is 88.0 cm³/mol. The molecule has 0 aliphatic carbocycles. The molecule has 0 spiro atoms. The molecule has 0 aliphatic heterocycles. The van der Waals surface area contributed by atoms with Crippen molar-refractivity contribution >= 4 is 23.4 Å². The number of rotatable bonds is 4. The zero-order chi connectivity index (χ0) is 16.2. The average Bonchev–Trinajstić information content (AvgIpc) is 3.00. The number of aryl methyl sites for hydroxylation is 1. The molecule has 0 saturated heterocycles. The van der Waals surface area contributed by atoms with E-state index in [0.717, 1.165) is 11.3 Å². The standard InChI is InChI=1S/C16H13ClFN5/c1-11-2-5-13(6-3-11)23-16(20-21-22-23)8-9-19-12-4-7-15(18)14(17)10-12/h2-10,19H,1H3/b9-8-. The SMILES string of the molecule is Cc1ccc(-n2nnnc2/C=C\Nc2ccc(F)c(Cl)c2)cc1. The molecule has 5 nitrogen and oxygen atoms in total. The van der Waals surface area contributed by atoms with E-state index in [9.17, 15) is 4.39 Å². The summed E-state index contributed by atoms with van der Waals surface area (Å²) in [5.41, 5.74) is 2.70. The minimum absolute atomic E-state index is 0.0629. The van der Waals surface area contributed by atoms with Gasteiger partial charge in [-0.2, -0.15) is 4.68 Å². The van der Waals surface area contributed by atoms with Crippen LogP contribution in [-0.4, -0.2) is 20.2 Å². The lowest BCUT2D eigenvalue weighted by Gasteiger charge is -2.03. The number of nitrogens with one attached hydrogen (secondary N) is 1. The van der Waals surface area contributed by atoms with Gasteiger partial charge in [-0.15, -0.1) is 5.10 Å². The zero-order valence-electron chi connectivity index (χ0n) is 12.2. The van der Waals surface area contributed by atoms with Crippen LogP contribution >= 0.6 is 11.6 Å². The molecule has 3 aromatic rings. The van der Waals surface area contributed by atoms with Crippen molar-refractivity contribution in [3.63, 3.8) is 0 Å². The van der Waals surface area contributed by atoms with Crippen molar-refractivity contribution in [3.8, 4) is 5.69 Å². The van der Waals surface area contributed by atoms with Gasteiger partial charge in [0, 0.05) is 18.0 Å². The van der Waals surface area contributed by atoms with Gasteiger partial charge in [-0.25, -0.2) is 4.39 Å². The number of nitrogens with zero attached hydrogens (tertiary/aromatic N) is 4. The molecule has 0 saturated carbocycles. The van der Waals surface area contributed by atoms with Gasteiger partial charge in [-0.1, -0.05) is 29.3 Å². The molecular formula is C16H13ClFN5. The Kier molecular flexibility index (Phi) is 4.34. The quantitative estimate of drug-likeness (QED) is 0.790. The van der Waals surface area contributed by atoms with Gasteiger partial charge in [0.2, 0.25) is 0 Å². The van der Waals surface area contributed by atoms with Gasteiger partial charge >= 0.3 is 0 Å². The molecular weight excluding hydrogens is 317 g/mol. The second kappa shape index (κ2) is 6.58. The maximum atomic E-state index is 13.1. The fourth-order valence-corrected chi connectivity index (χ4v) is 2.15. The van der Waals surface area contributed by atoms with Crippen molar-refractivity contribution in [2.45, 2.75) is 6.92 Å². The monoisotopic (exact) mass is 329 g/mol. The topological polar surface area (TPSA) is 55.6 Å². The number of hydrogen-bond donors (Lipinski definition) is 1. The Morgan fingerprint density at radius 2 is 1.96 bits per heavy atom. The summed E-state index contributed by atoms with van der Waals surface area (Å²) in [6, 6.07) is 12.3. The third-order valence-corrected chi connectivity index (χ3v) is 3.46. The number of tetrazole rings is 1. The van der Waals surface area contributed by atoms with Crippen LogP contribution in [0.15, 0.2) is 48.7 Å². The lowest BCUT2D eigenvalue weighted by molar-refractivity contribution is 0.628.